The van der Waals surface area contributed by atoms with Crippen LogP contribution in [0.4, 0.5) is 0 Å². The second-order valence-corrected chi connectivity index (χ2v) is 7.35. The molecule has 27 heavy (non-hydrogen) atoms. The van der Waals surface area contributed by atoms with E-state index in [1.807, 2.05) is 12.1 Å². The van der Waals surface area contributed by atoms with E-state index in [-0.39, 0.29) is 5.97 Å². The van der Waals surface area contributed by atoms with Crippen LogP contribution in [0.1, 0.15) is 37.6 Å². The van der Waals surface area contributed by atoms with Gasteiger partial charge in [-0.25, -0.2) is 0 Å². The fourth-order valence-corrected chi connectivity index (χ4v) is 3.39. The van der Waals surface area contributed by atoms with Crippen molar-refractivity contribution in [2.24, 2.45) is 11.7 Å². The van der Waals surface area contributed by atoms with Gasteiger partial charge in [0.1, 0.15) is 5.75 Å². The molecular formula is C23H26N2O2. The van der Waals surface area contributed by atoms with E-state index in [1.54, 1.807) is 6.07 Å². The molecule has 4 heteroatoms. The molecule has 0 aliphatic heterocycles. The third-order valence-corrected chi connectivity index (χ3v) is 4.55. The number of carbonyl (C=O) groups excluding carboxylic acids is 1. The van der Waals surface area contributed by atoms with Gasteiger partial charge in [-0.3, -0.25) is 9.78 Å². The Hall–Kier alpha value is -2.72. The highest BCUT2D eigenvalue weighted by Gasteiger charge is 2.17. The predicted molar refractivity (Wildman–Crippen MR) is 110 cm³/mol. The van der Waals surface area contributed by atoms with Crippen molar-refractivity contribution in [3.63, 3.8) is 0 Å². The summed E-state index contributed by atoms with van der Waals surface area (Å²) in [4.78, 5) is 16.3. The summed E-state index contributed by atoms with van der Waals surface area (Å²) in [5.41, 5.74) is 12.5. The average Bonchev–Trinajstić information content (AvgIpc) is 2.60. The van der Waals surface area contributed by atoms with Gasteiger partial charge in [0.05, 0.1) is 5.52 Å². The molecule has 3 rings (SSSR count). The fourth-order valence-electron chi connectivity index (χ4n) is 3.39. The molecule has 4 nitrogen and oxygen atoms in total. The highest BCUT2D eigenvalue weighted by atomic mass is 16.5. The Morgan fingerprint density at radius 2 is 1.85 bits per heavy atom. The Balaban J connectivity index is 2.33. The molecule has 0 aliphatic rings. The summed E-state index contributed by atoms with van der Waals surface area (Å²) in [5, 5.41) is 0.950. The number of hydrogen-bond donors (Lipinski definition) is 1. The SMILES string of the molecule is CC(=O)Oc1ccc2nc(CC(C)C)c(CN)c(-c3ccc(C)cc3)c2c1. The molecule has 0 saturated heterocycles. The van der Waals surface area contributed by atoms with Crippen molar-refractivity contribution in [1.29, 1.82) is 0 Å². The highest BCUT2D eigenvalue weighted by molar-refractivity contribution is 5.97. The molecule has 0 bridgehead atoms. The van der Waals surface area contributed by atoms with Crippen LogP contribution in [-0.2, 0) is 17.8 Å². The molecule has 0 saturated carbocycles. The number of aryl methyl sites for hydroxylation is 1. The Labute approximate surface area is 160 Å². The van der Waals surface area contributed by atoms with Gasteiger partial charge in [-0.05, 0) is 54.2 Å². The van der Waals surface area contributed by atoms with Crippen molar-refractivity contribution in [2.45, 2.75) is 40.7 Å². The van der Waals surface area contributed by atoms with Gasteiger partial charge in [-0.15, -0.1) is 0 Å². The molecule has 1 aromatic heterocycles. The van der Waals surface area contributed by atoms with E-state index in [0.717, 1.165) is 39.7 Å². The normalized spacial score (nSPS) is 11.2. The van der Waals surface area contributed by atoms with Gasteiger partial charge in [0.15, 0.2) is 0 Å². The van der Waals surface area contributed by atoms with Crippen molar-refractivity contribution >= 4 is 16.9 Å². The number of pyridine rings is 1. The summed E-state index contributed by atoms with van der Waals surface area (Å²) in [6, 6.07) is 14.0. The summed E-state index contributed by atoms with van der Waals surface area (Å²) in [7, 11) is 0. The molecule has 1 heterocycles. The Morgan fingerprint density at radius 1 is 1.15 bits per heavy atom. The fraction of sp³-hybridized carbons (Fsp3) is 0.304. The number of hydrogen-bond acceptors (Lipinski definition) is 4. The zero-order valence-corrected chi connectivity index (χ0v) is 16.4. The van der Waals surface area contributed by atoms with Crippen LogP contribution in [0.25, 0.3) is 22.0 Å². The number of esters is 1. The molecular weight excluding hydrogens is 336 g/mol. The summed E-state index contributed by atoms with van der Waals surface area (Å²) in [6.07, 6.45) is 0.868. The third-order valence-electron chi connectivity index (χ3n) is 4.55. The number of benzene rings is 2. The van der Waals surface area contributed by atoms with E-state index < -0.39 is 0 Å². The first-order valence-electron chi connectivity index (χ1n) is 9.30. The number of ether oxygens (including phenoxy) is 1. The van der Waals surface area contributed by atoms with E-state index in [4.69, 9.17) is 15.5 Å². The van der Waals surface area contributed by atoms with Crippen LogP contribution < -0.4 is 10.5 Å². The highest BCUT2D eigenvalue weighted by Crippen LogP contribution is 2.35. The first-order valence-corrected chi connectivity index (χ1v) is 9.30. The number of rotatable bonds is 5. The quantitative estimate of drug-likeness (QED) is 0.523. The summed E-state index contributed by atoms with van der Waals surface area (Å²) < 4.78 is 5.30. The van der Waals surface area contributed by atoms with Crippen LogP contribution in [0.15, 0.2) is 42.5 Å². The number of carbonyl (C=O) groups is 1. The number of nitrogens with two attached hydrogens (primary N) is 1. The molecule has 0 spiro atoms. The van der Waals surface area contributed by atoms with Gasteiger partial charge < -0.3 is 10.5 Å². The molecule has 0 aliphatic carbocycles. The van der Waals surface area contributed by atoms with Crippen LogP contribution in [0.5, 0.6) is 5.75 Å². The Kier molecular flexibility index (Phi) is 5.57. The number of aromatic nitrogens is 1. The third kappa shape index (κ3) is 4.17. The first-order chi connectivity index (χ1) is 12.9. The van der Waals surface area contributed by atoms with Gasteiger partial charge in [-0.2, -0.15) is 0 Å². The lowest BCUT2D eigenvalue weighted by atomic mass is 9.91. The summed E-state index contributed by atoms with van der Waals surface area (Å²) in [5.74, 6) is 0.658. The molecule has 0 atom stereocenters. The van der Waals surface area contributed by atoms with E-state index in [1.165, 1.54) is 12.5 Å². The van der Waals surface area contributed by atoms with E-state index in [2.05, 4.69) is 45.0 Å². The Morgan fingerprint density at radius 3 is 2.44 bits per heavy atom. The number of fused-ring (bicyclic) bond motifs is 1. The van der Waals surface area contributed by atoms with Gasteiger partial charge in [-0.1, -0.05) is 43.7 Å². The van der Waals surface area contributed by atoms with Crippen LogP contribution in [0, 0.1) is 12.8 Å². The monoisotopic (exact) mass is 362 g/mol. The van der Waals surface area contributed by atoms with Gasteiger partial charge in [0, 0.05) is 24.5 Å². The van der Waals surface area contributed by atoms with E-state index in [0.29, 0.717) is 18.2 Å². The minimum Gasteiger partial charge on any atom is -0.427 e. The van der Waals surface area contributed by atoms with Crippen molar-refractivity contribution in [2.75, 3.05) is 0 Å². The lowest BCUT2D eigenvalue weighted by Crippen LogP contribution is -2.10. The van der Waals surface area contributed by atoms with Gasteiger partial charge in [0.25, 0.3) is 0 Å². The largest absolute Gasteiger partial charge is 0.427 e. The van der Waals surface area contributed by atoms with Crippen molar-refractivity contribution in [3.05, 3.63) is 59.3 Å². The van der Waals surface area contributed by atoms with Crippen molar-refractivity contribution in [3.8, 4) is 16.9 Å². The maximum Gasteiger partial charge on any atom is 0.308 e. The minimum atomic E-state index is -0.338. The topological polar surface area (TPSA) is 65.2 Å². The smallest absolute Gasteiger partial charge is 0.308 e. The van der Waals surface area contributed by atoms with Crippen LogP contribution >= 0.6 is 0 Å². The van der Waals surface area contributed by atoms with E-state index in [9.17, 15) is 4.79 Å². The molecule has 0 fully saturated rings. The van der Waals surface area contributed by atoms with Crippen LogP contribution in [-0.4, -0.2) is 11.0 Å². The lowest BCUT2D eigenvalue weighted by Gasteiger charge is -2.18. The molecule has 140 valence electrons. The summed E-state index contributed by atoms with van der Waals surface area (Å²) in [6.45, 7) is 8.25. The van der Waals surface area contributed by atoms with Crippen molar-refractivity contribution < 1.29 is 9.53 Å². The zero-order chi connectivity index (χ0) is 19.6. The van der Waals surface area contributed by atoms with E-state index >= 15 is 0 Å². The minimum absolute atomic E-state index is 0.338. The van der Waals surface area contributed by atoms with Gasteiger partial charge >= 0.3 is 5.97 Å². The maximum absolute atomic E-state index is 11.4. The standard InChI is InChI=1S/C23H26N2O2/c1-14(2)11-22-20(13-24)23(17-7-5-15(3)6-8-17)19-12-18(27-16(4)26)9-10-21(19)25-22/h5-10,12,14H,11,13,24H2,1-4H3. The number of nitrogens with zero attached hydrogens (tertiary/aromatic N) is 1. The van der Waals surface area contributed by atoms with Crippen molar-refractivity contribution in [1.82, 2.24) is 4.98 Å². The Bertz CT molecular complexity index is 976. The zero-order valence-electron chi connectivity index (χ0n) is 16.4. The maximum atomic E-state index is 11.4. The van der Waals surface area contributed by atoms with Crippen LogP contribution in [0.3, 0.4) is 0 Å². The molecule has 0 amide bonds. The average molecular weight is 362 g/mol. The second-order valence-electron chi connectivity index (χ2n) is 7.35. The van der Waals surface area contributed by atoms with Gasteiger partial charge in [0.2, 0.25) is 0 Å². The molecule has 2 aromatic carbocycles. The first kappa shape index (κ1) is 19.1. The molecule has 0 radical (unpaired) electrons. The van der Waals surface area contributed by atoms with Crippen LogP contribution in [0.2, 0.25) is 0 Å². The predicted octanol–water partition coefficient (Wildman–Crippen LogP) is 4.79. The second kappa shape index (κ2) is 7.89. The molecule has 0 unspecified atom stereocenters. The molecule has 2 N–H and O–H groups in total. The lowest BCUT2D eigenvalue weighted by molar-refractivity contribution is -0.131. The summed E-state index contributed by atoms with van der Waals surface area (Å²) >= 11 is 0. The molecule has 3 aromatic rings.